The zero-order valence-corrected chi connectivity index (χ0v) is 15.9. The minimum Gasteiger partial charge on any atom is -0.187 e. The van der Waals surface area contributed by atoms with Gasteiger partial charge in [-0.05, 0) is 58.2 Å². The lowest BCUT2D eigenvalue weighted by Gasteiger charge is -2.13. The van der Waals surface area contributed by atoms with Gasteiger partial charge in [-0.3, -0.25) is 0 Å². The SMILES string of the molecule is Cc1ccc(-n2nnnc2SC2c3ccccc3-c3ccccc32)c(C)c1. The lowest BCUT2D eigenvalue weighted by molar-refractivity contribution is 0.751. The predicted molar refractivity (Wildman–Crippen MR) is 108 cm³/mol. The Morgan fingerprint density at radius 3 is 2.19 bits per heavy atom. The quantitative estimate of drug-likeness (QED) is 0.501. The van der Waals surface area contributed by atoms with Crippen LogP contribution in [0.4, 0.5) is 0 Å². The fourth-order valence-electron chi connectivity index (χ4n) is 3.79. The number of nitrogens with zero attached hydrogens (tertiary/aromatic N) is 4. The maximum Gasteiger partial charge on any atom is 0.215 e. The summed E-state index contributed by atoms with van der Waals surface area (Å²) in [6.07, 6.45) is 0. The molecule has 3 aromatic carbocycles. The lowest BCUT2D eigenvalue weighted by Crippen LogP contribution is -2.03. The van der Waals surface area contributed by atoms with Gasteiger partial charge in [-0.15, -0.1) is 5.10 Å². The van der Waals surface area contributed by atoms with Crippen LogP contribution in [-0.2, 0) is 0 Å². The predicted octanol–water partition coefficient (Wildman–Crippen LogP) is 5.14. The van der Waals surface area contributed by atoms with Gasteiger partial charge in [-0.1, -0.05) is 78.0 Å². The first-order valence-electron chi connectivity index (χ1n) is 8.93. The first-order valence-corrected chi connectivity index (χ1v) is 9.81. The molecule has 1 aromatic heterocycles. The Balaban J connectivity index is 1.59. The Bertz CT molecular complexity index is 1100. The molecule has 1 aliphatic rings. The molecule has 0 saturated carbocycles. The molecule has 27 heavy (non-hydrogen) atoms. The van der Waals surface area contributed by atoms with E-state index in [1.54, 1.807) is 11.8 Å². The molecule has 0 bridgehead atoms. The van der Waals surface area contributed by atoms with Crippen LogP contribution in [-0.4, -0.2) is 20.2 Å². The van der Waals surface area contributed by atoms with Crippen LogP contribution in [0.25, 0.3) is 16.8 Å². The summed E-state index contributed by atoms with van der Waals surface area (Å²) in [6.45, 7) is 4.19. The molecule has 0 atom stereocenters. The number of rotatable bonds is 3. The first kappa shape index (κ1) is 16.3. The largest absolute Gasteiger partial charge is 0.215 e. The fourth-order valence-corrected chi connectivity index (χ4v) is 4.98. The van der Waals surface area contributed by atoms with Crippen LogP contribution in [0.2, 0.25) is 0 Å². The molecular weight excluding hydrogens is 352 g/mol. The van der Waals surface area contributed by atoms with Crippen molar-refractivity contribution in [2.45, 2.75) is 24.3 Å². The molecule has 5 heteroatoms. The fraction of sp³-hybridized carbons (Fsp3) is 0.136. The van der Waals surface area contributed by atoms with E-state index in [9.17, 15) is 0 Å². The van der Waals surface area contributed by atoms with Crippen molar-refractivity contribution in [3.8, 4) is 16.8 Å². The van der Waals surface area contributed by atoms with Crippen LogP contribution >= 0.6 is 11.8 Å². The third-order valence-electron chi connectivity index (χ3n) is 5.02. The first-order chi connectivity index (χ1) is 13.2. The van der Waals surface area contributed by atoms with E-state index in [1.165, 1.54) is 27.8 Å². The number of aromatic nitrogens is 4. The van der Waals surface area contributed by atoms with Crippen molar-refractivity contribution in [2.75, 3.05) is 0 Å². The Hall–Kier alpha value is -2.92. The van der Waals surface area contributed by atoms with Gasteiger partial charge in [0.15, 0.2) is 0 Å². The van der Waals surface area contributed by atoms with Crippen molar-refractivity contribution in [3.05, 3.63) is 89.0 Å². The van der Waals surface area contributed by atoms with Crippen molar-refractivity contribution in [2.24, 2.45) is 0 Å². The van der Waals surface area contributed by atoms with Crippen LogP contribution < -0.4 is 0 Å². The van der Waals surface area contributed by atoms with Gasteiger partial charge in [0.2, 0.25) is 5.16 Å². The monoisotopic (exact) mass is 370 g/mol. The average Bonchev–Trinajstić information content (AvgIpc) is 3.26. The van der Waals surface area contributed by atoms with E-state index in [2.05, 4.69) is 96.1 Å². The van der Waals surface area contributed by atoms with E-state index in [4.69, 9.17) is 0 Å². The van der Waals surface area contributed by atoms with Crippen LogP contribution in [0.15, 0.2) is 71.9 Å². The number of fused-ring (bicyclic) bond motifs is 3. The molecule has 0 radical (unpaired) electrons. The number of hydrogen-bond acceptors (Lipinski definition) is 4. The van der Waals surface area contributed by atoms with E-state index < -0.39 is 0 Å². The molecule has 4 nitrogen and oxygen atoms in total. The van der Waals surface area contributed by atoms with Crippen LogP contribution in [0.1, 0.15) is 27.5 Å². The number of aryl methyl sites for hydroxylation is 2. The number of hydrogen-bond donors (Lipinski definition) is 0. The third kappa shape index (κ3) is 2.66. The second kappa shape index (κ2) is 6.35. The van der Waals surface area contributed by atoms with E-state index >= 15 is 0 Å². The Labute approximate surface area is 162 Å². The molecule has 5 rings (SSSR count). The zero-order valence-electron chi connectivity index (χ0n) is 15.1. The van der Waals surface area contributed by atoms with Crippen molar-refractivity contribution in [3.63, 3.8) is 0 Å². The normalized spacial score (nSPS) is 12.8. The number of benzene rings is 3. The standard InChI is InChI=1S/C22H18N4S/c1-14-11-12-20(15(2)13-14)26-22(23-24-25-26)27-21-18-9-5-3-7-16(18)17-8-4-6-10-19(17)21/h3-13,21H,1-2H3. The minimum absolute atomic E-state index is 0.188. The summed E-state index contributed by atoms with van der Waals surface area (Å²) in [5.74, 6) is 0. The van der Waals surface area contributed by atoms with Gasteiger partial charge < -0.3 is 0 Å². The van der Waals surface area contributed by atoms with Crippen molar-refractivity contribution >= 4 is 11.8 Å². The van der Waals surface area contributed by atoms with Gasteiger partial charge in [-0.2, -0.15) is 4.68 Å². The average molecular weight is 370 g/mol. The summed E-state index contributed by atoms with van der Waals surface area (Å²) in [4.78, 5) is 0. The second-order valence-electron chi connectivity index (χ2n) is 6.84. The summed E-state index contributed by atoms with van der Waals surface area (Å²) >= 11 is 1.70. The molecule has 0 amide bonds. The summed E-state index contributed by atoms with van der Waals surface area (Å²) in [7, 11) is 0. The number of thioether (sulfide) groups is 1. The topological polar surface area (TPSA) is 43.6 Å². The maximum atomic E-state index is 4.33. The molecule has 0 unspecified atom stereocenters. The van der Waals surface area contributed by atoms with Crippen LogP contribution in [0, 0.1) is 13.8 Å². The third-order valence-corrected chi connectivity index (χ3v) is 6.23. The van der Waals surface area contributed by atoms with E-state index in [1.807, 2.05) is 4.68 Å². The van der Waals surface area contributed by atoms with Crippen molar-refractivity contribution in [1.82, 2.24) is 20.2 Å². The summed E-state index contributed by atoms with van der Waals surface area (Å²) in [5.41, 5.74) is 8.66. The van der Waals surface area contributed by atoms with Gasteiger partial charge in [0.05, 0.1) is 10.9 Å². The molecule has 132 valence electrons. The van der Waals surface area contributed by atoms with Gasteiger partial charge in [0.25, 0.3) is 0 Å². The Morgan fingerprint density at radius 2 is 1.52 bits per heavy atom. The van der Waals surface area contributed by atoms with E-state index in [0.717, 1.165) is 16.4 Å². The van der Waals surface area contributed by atoms with Crippen LogP contribution in [0.5, 0.6) is 0 Å². The van der Waals surface area contributed by atoms with Gasteiger partial charge in [0.1, 0.15) is 0 Å². The van der Waals surface area contributed by atoms with Crippen LogP contribution in [0.3, 0.4) is 0 Å². The maximum absolute atomic E-state index is 4.33. The second-order valence-corrected chi connectivity index (χ2v) is 7.91. The van der Waals surface area contributed by atoms with Gasteiger partial charge in [0, 0.05) is 0 Å². The molecule has 0 N–H and O–H groups in total. The lowest BCUT2D eigenvalue weighted by atomic mass is 10.1. The molecule has 0 saturated heterocycles. The number of tetrazole rings is 1. The van der Waals surface area contributed by atoms with E-state index in [0.29, 0.717) is 0 Å². The van der Waals surface area contributed by atoms with E-state index in [-0.39, 0.29) is 5.25 Å². The molecular formula is C22H18N4S. The highest BCUT2D eigenvalue weighted by molar-refractivity contribution is 7.99. The molecule has 1 heterocycles. The van der Waals surface area contributed by atoms with Crippen molar-refractivity contribution in [1.29, 1.82) is 0 Å². The Kier molecular flexibility index (Phi) is 3.83. The van der Waals surface area contributed by atoms with Gasteiger partial charge >= 0.3 is 0 Å². The minimum atomic E-state index is 0.188. The molecule has 1 aliphatic carbocycles. The highest BCUT2D eigenvalue weighted by Gasteiger charge is 2.30. The highest BCUT2D eigenvalue weighted by Crippen LogP contribution is 2.51. The molecule has 0 fully saturated rings. The molecule has 0 spiro atoms. The van der Waals surface area contributed by atoms with Gasteiger partial charge in [-0.25, -0.2) is 0 Å². The summed E-state index contributed by atoms with van der Waals surface area (Å²) in [6, 6.07) is 23.5. The zero-order chi connectivity index (χ0) is 18.4. The summed E-state index contributed by atoms with van der Waals surface area (Å²) in [5, 5.41) is 13.5. The highest BCUT2D eigenvalue weighted by atomic mass is 32.2. The molecule has 0 aliphatic heterocycles. The summed E-state index contributed by atoms with van der Waals surface area (Å²) < 4.78 is 1.85. The Morgan fingerprint density at radius 1 is 0.852 bits per heavy atom. The smallest absolute Gasteiger partial charge is 0.187 e. The van der Waals surface area contributed by atoms with Crippen molar-refractivity contribution < 1.29 is 0 Å². The molecule has 4 aromatic rings.